The molecule has 0 aromatic heterocycles. The number of carbonyl (C=O) groups is 2. The highest BCUT2D eigenvalue weighted by atomic mass is 16.6. The summed E-state index contributed by atoms with van der Waals surface area (Å²) in [5.74, 6) is -0.410. The standard InChI is InChI=1S/C17H12O3/c1-10-6-8-11(9-7-10)16-17(20-16)14(18)12-4-2-3-5-13(12)15(17)19/h2-9,16H,1H3/t16-/m0/s1. The van der Waals surface area contributed by atoms with Gasteiger partial charge in [-0.3, -0.25) is 9.59 Å². The summed E-state index contributed by atoms with van der Waals surface area (Å²) < 4.78 is 5.60. The lowest BCUT2D eigenvalue weighted by Gasteiger charge is -2.01. The van der Waals surface area contributed by atoms with Crippen LogP contribution in [0, 0.1) is 6.92 Å². The Labute approximate surface area is 116 Å². The van der Waals surface area contributed by atoms with Crippen LogP contribution in [0.25, 0.3) is 0 Å². The normalized spacial score (nSPS) is 22.1. The lowest BCUT2D eigenvalue weighted by atomic mass is 9.94. The Hall–Kier alpha value is -2.26. The molecule has 3 heteroatoms. The van der Waals surface area contributed by atoms with Crippen LogP contribution in [-0.2, 0) is 4.74 Å². The highest BCUT2D eigenvalue weighted by molar-refractivity contribution is 6.34. The summed E-state index contributed by atoms with van der Waals surface area (Å²) in [6.45, 7) is 2.00. The molecular weight excluding hydrogens is 252 g/mol. The fourth-order valence-electron chi connectivity index (χ4n) is 2.92. The van der Waals surface area contributed by atoms with Crippen LogP contribution in [-0.4, -0.2) is 17.2 Å². The first-order chi connectivity index (χ1) is 9.64. The third-order valence-corrected chi connectivity index (χ3v) is 4.09. The molecule has 1 heterocycles. The van der Waals surface area contributed by atoms with E-state index in [4.69, 9.17) is 4.74 Å². The molecule has 1 aliphatic carbocycles. The summed E-state index contributed by atoms with van der Waals surface area (Å²) in [5, 5.41) is 0. The van der Waals surface area contributed by atoms with E-state index in [2.05, 4.69) is 0 Å². The van der Waals surface area contributed by atoms with E-state index in [1.165, 1.54) is 0 Å². The number of ketones is 2. The van der Waals surface area contributed by atoms with Crippen molar-refractivity contribution in [2.75, 3.05) is 0 Å². The lowest BCUT2D eigenvalue weighted by Crippen LogP contribution is -2.27. The van der Waals surface area contributed by atoms with E-state index in [9.17, 15) is 9.59 Å². The Morgan fingerprint density at radius 1 is 0.900 bits per heavy atom. The maximum Gasteiger partial charge on any atom is 0.224 e. The average molecular weight is 264 g/mol. The molecule has 1 fully saturated rings. The molecule has 3 nitrogen and oxygen atoms in total. The summed E-state index contributed by atoms with van der Waals surface area (Å²) >= 11 is 0. The zero-order chi connectivity index (χ0) is 13.9. The Morgan fingerprint density at radius 3 is 2.00 bits per heavy atom. The van der Waals surface area contributed by atoms with E-state index < -0.39 is 11.7 Å². The van der Waals surface area contributed by atoms with Gasteiger partial charge in [0.2, 0.25) is 17.2 Å². The van der Waals surface area contributed by atoms with Crippen LogP contribution in [0.1, 0.15) is 37.9 Å². The van der Waals surface area contributed by atoms with Crippen LogP contribution >= 0.6 is 0 Å². The number of fused-ring (bicyclic) bond motifs is 1. The molecule has 0 bridgehead atoms. The third-order valence-electron chi connectivity index (χ3n) is 4.09. The first-order valence-electron chi connectivity index (χ1n) is 6.57. The Balaban J connectivity index is 1.77. The second kappa shape index (κ2) is 3.64. The highest BCUT2D eigenvalue weighted by Crippen LogP contribution is 2.56. The van der Waals surface area contributed by atoms with E-state index >= 15 is 0 Å². The molecule has 0 N–H and O–H groups in total. The molecule has 2 aromatic rings. The molecule has 4 rings (SSSR count). The summed E-state index contributed by atoms with van der Waals surface area (Å²) in [6, 6.07) is 14.7. The molecule has 1 atom stereocenters. The van der Waals surface area contributed by atoms with E-state index in [0.717, 1.165) is 11.1 Å². The Morgan fingerprint density at radius 2 is 1.45 bits per heavy atom. The molecule has 1 aliphatic heterocycles. The molecule has 2 aliphatic rings. The van der Waals surface area contributed by atoms with Crippen LogP contribution in [0.2, 0.25) is 0 Å². The van der Waals surface area contributed by atoms with Crippen LogP contribution in [0.15, 0.2) is 48.5 Å². The predicted octanol–water partition coefficient (Wildman–Crippen LogP) is 2.88. The van der Waals surface area contributed by atoms with Crippen molar-refractivity contribution in [1.29, 1.82) is 0 Å². The molecule has 20 heavy (non-hydrogen) atoms. The van der Waals surface area contributed by atoms with Gasteiger partial charge in [0.05, 0.1) is 0 Å². The number of ether oxygens (including phenoxy) is 1. The average Bonchev–Trinajstić information content (AvgIpc) is 3.19. The van der Waals surface area contributed by atoms with Crippen molar-refractivity contribution in [1.82, 2.24) is 0 Å². The van der Waals surface area contributed by atoms with Gasteiger partial charge in [-0.2, -0.15) is 0 Å². The maximum atomic E-state index is 12.5. The summed E-state index contributed by atoms with van der Waals surface area (Å²) in [6.07, 6.45) is -0.449. The molecule has 0 amide bonds. The monoisotopic (exact) mass is 264 g/mol. The van der Waals surface area contributed by atoms with Gasteiger partial charge in [0.25, 0.3) is 0 Å². The van der Waals surface area contributed by atoms with E-state index in [1.807, 2.05) is 31.2 Å². The topological polar surface area (TPSA) is 46.7 Å². The summed E-state index contributed by atoms with van der Waals surface area (Å²) in [7, 11) is 0. The van der Waals surface area contributed by atoms with Gasteiger partial charge >= 0.3 is 0 Å². The molecule has 2 aromatic carbocycles. The lowest BCUT2D eigenvalue weighted by molar-refractivity contribution is 0.0785. The van der Waals surface area contributed by atoms with Gasteiger partial charge in [-0.1, -0.05) is 54.1 Å². The molecule has 1 spiro atoms. The molecule has 0 saturated carbocycles. The zero-order valence-electron chi connectivity index (χ0n) is 10.9. The molecule has 0 radical (unpaired) electrons. The van der Waals surface area contributed by atoms with Gasteiger partial charge in [0.15, 0.2) is 0 Å². The van der Waals surface area contributed by atoms with Crippen molar-refractivity contribution in [2.24, 2.45) is 0 Å². The molecule has 0 unspecified atom stereocenters. The minimum Gasteiger partial charge on any atom is -0.344 e. The van der Waals surface area contributed by atoms with E-state index in [0.29, 0.717) is 11.1 Å². The smallest absolute Gasteiger partial charge is 0.224 e. The van der Waals surface area contributed by atoms with Gasteiger partial charge < -0.3 is 4.74 Å². The Bertz CT molecular complexity index is 708. The van der Waals surface area contributed by atoms with E-state index in [-0.39, 0.29) is 11.6 Å². The van der Waals surface area contributed by atoms with Crippen molar-refractivity contribution in [3.8, 4) is 0 Å². The van der Waals surface area contributed by atoms with E-state index in [1.54, 1.807) is 24.3 Å². The van der Waals surface area contributed by atoms with Gasteiger partial charge in [-0.05, 0) is 12.5 Å². The highest BCUT2D eigenvalue weighted by Gasteiger charge is 2.71. The van der Waals surface area contributed by atoms with Crippen molar-refractivity contribution in [2.45, 2.75) is 18.6 Å². The second-order valence-corrected chi connectivity index (χ2v) is 5.35. The van der Waals surface area contributed by atoms with Crippen LogP contribution < -0.4 is 0 Å². The number of hydrogen-bond acceptors (Lipinski definition) is 3. The number of benzene rings is 2. The molecule has 1 saturated heterocycles. The summed E-state index contributed by atoms with van der Waals surface area (Å²) in [5.41, 5.74) is 1.68. The number of aryl methyl sites for hydroxylation is 1. The maximum absolute atomic E-state index is 12.5. The largest absolute Gasteiger partial charge is 0.344 e. The third kappa shape index (κ3) is 1.28. The SMILES string of the molecule is Cc1ccc([C@@H]2OC23C(=O)c2ccccc2C3=O)cc1. The first kappa shape index (κ1) is 11.6. The minimum atomic E-state index is -1.29. The van der Waals surface area contributed by atoms with Gasteiger partial charge in [-0.25, -0.2) is 0 Å². The zero-order valence-corrected chi connectivity index (χ0v) is 10.9. The van der Waals surface area contributed by atoms with Crippen molar-refractivity contribution in [3.05, 3.63) is 70.8 Å². The number of carbonyl (C=O) groups excluding carboxylic acids is 2. The fraction of sp³-hybridized carbons (Fsp3) is 0.176. The number of hydrogen-bond donors (Lipinski definition) is 0. The number of epoxide rings is 1. The van der Waals surface area contributed by atoms with Crippen LogP contribution in [0.4, 0.5) is 0 Å². The molecule has 98 valence electrons. The predicted molar refractivity (Wildman–Crippen MR) is 72.8 cm³/mol. The van der Waals surface area contributed by atoms with Gasteiger partial charge in [0.1, 0.15) is 6.10 Å². The quantitative estimate of drug-likeness (QED) is 0.587. The van der Waals surface area contributed by atoms with Crippen molar-refractivity contribution >= 4 is 11.6 Å². The Kier molecular flexibility index (Phi) is 2.11. The second-order valence-electron chi connectivity index (χ2n) is 5.35. The van der Waals surface area contributed by atoms with Crippen LogP contribution in [0.3, 0.4) is 0 Å². The number of Topliss-reactive ketones (excluding diaryl/α,β-unsaturated/α-hetero) is 2. The van der Waals surface area contributed by atoms with Crippen LogP contribution in [0.5, 0.6) is 0 Å². The van der Waals surface area contributed by atoms with Crippen molar-refractivity contribution in [3.63, 3.8) is 0 Å². The van der Waals surface area contributed by atoms with Gasteiger partial charge in [0, 0.05) is 11.1 Å². The minimum absolute atomic E-state index is 0.205. The number of rotatable bonds is 1. The van der Waals surface area contributed by atoms with Gasteiger partial charge in [-0.15, -0.1) is 0 Å². The first-order valence-corrected chi connectivity index (χ1v) is 6.57. The molecular formula is C17H12O3. The summed E-state index contributed by atoms with van der Waals surface area (Å²) in [4.78, 5) is 25.0. The fourth-order valence-corrected chi connectivity index (χ4v) is 2.92. The van der Waals surface area contributed by atoms with Crippen molar-refractivity contribution < 1.29 is 14.3 Å².